The number of rotatable bonds is 4. The van der Waals surface area contributed by atoms with Crippen molar-refractivity contribution in [3.8, 4) is 5.75 Å². The van der Waals surface area contributed by atoms with Crippen LogP contribution < -0.4 is 16.0 Å². The molecule has 18 heavy (non-hydrogen) atoms. The van der Waals surface area contributed by atoms with Crippen LogP contribution >= 0.6 is 23.5 Å². The lowest BCUT2D eigenvalue weighted by Crippen LogP contribution is -2.40. The Morgan fingerprint density at radius 2 is 1.94 bits per heavy atom. The van der Waals surface area contributed by atoms with Gasteiger partial charge in [-0.2, -0.15) is 23.5 Å². The zero-order valence-electron chi connectivity index (χ0n) is 10.8. The molecule has 1 aromatic carbocycles. The summed E-state index contributed by atoms with van der Waals surface area (Å²) in [6.45, 7) is 2.29. The standard InChI is InChI=1S/C13H20N2OS2/c1-9-13(18-8-7-17-9)12(15-14)10-3-5-11(16-2)6-4-10/h3-6,9,12-13,15H,7-8,14H2,1-2H3. The van der Waals surface area contributed by atoms with Gasteiger partial charge in [0.2, 0.25) is 0 Å². The Hall–Kier alpha value is -0.360. The van der Waals surface area contributed by atoms with E-state index in [1.165, 1.54) is 17.1 Å². The van der Waals surface area contributed by atoms with Gasteiger partial charge in [-0.25, -0.2) is 0 Å². The molecular formula is C13H20N2OS2. The molecule has 0 aromatic heterocycles. The first-order chi connectivity index (χ1) is 8.76. The van der Waals surface area contributed by atoms with Gasteiger partial charge in [-0.15, -0.1) is 0 Å². The molecule has 0 amide bonds. The molecule has 3 unspecified atom stereocenters. The summed E-state index contributed by atoms with van der Waals surface area (Å²) in [6, 6.07) is 8.37. The molecule has 1 aliphatic rings. The largest absolute Gasteiger partial charge is 0.497 e. The van der Waals surface area contributed by atoms with E-state index in [1.807, 2.05) is 35.7 Å². The maximum absolute atomic E-state index is 5.76. The Bertz CT molecular complexity index is 372. The highest BCUT2D eigenvalue weighted by atomic mass is 32.2. The number of thioether (sulfide) groups is 2. The SMILES string of the molecule is COc1ccc(C(NN)C2SCCSC2C)cc1. The smallest absolute Gasteiger partial charge is 0.118 e. The maximum atomic E-state index is 5.76. The van der Waals surface area contributed by atoms with Gasteiger partial charge >= 0.3 is 0 Å². The van der Waals surface area contributed by atoms with E-state index in [-0.39, 0.29) is 6.04 Å². The Labute approximate surface area is 117 Å². The van der Waals surface area contributed by atoms with Crippen molar-refractivity contribution in [1.82, 2.24) is 5.43 Å². The third-order valence-electron chi connectivity index (χ3n) is 3.22. The van der Waals surface area contributed by atoms with Crippen LogP contribution in [0.2, 0.25) is 0 Å². The fourth-order valence-corrected chi connectivity index (χ4v) is 5.14. The van der Waals surface area contributed by atoms with Gasteiger partial charge in [-0.1, -0.05) is 19.1 Å². The van der Waals surface area contributed by atoms with Crippen LogP contribution in [-0.4, -0.2) is 29.1 Å². The Balaban J connectivity index is 2.15. The molecule has 1 heterocycles. The van der Waals surface area contributed by atoms with Crippen molar-refractivity contribution in [3.05, 3.63) is 29.8 Å². The molecule has 100 valence electrons. The predicted octanol–water partition coefficient (Wildman–Crippen LogP) is 2.44. The minimum Gasteiger partial charge on any atom is -0.497 e. The number of hydrogen-bond donors (Lipinski definition) is 2. The summed E-state index contributed by atoms with van der Waals surface area (Å²) in [7, 11) is 1.68. The van der Waals surface area contributed by atoms with Gasteiger partial charge in [0, 0.05) is 22.0 Å². The molecule has 0 saturated carbocycles. The fraction of sp³-hybridized carbons (Fsp3) is 0.538. The van der Waals surface area contributed by atoms with Crippen LogP contribution in [0.3, 0.4) is 0 Å². The topological polar surface area (TPSA) is 47.3 Å². The predicted molar refractivity (Wildman–Crippen MR) is 81.2 cm³/mol. The molecule has 0 radical (unpaired) electrons. The molecule has 1 aromatic rings. The average Bonchev–Trinajstić information content (AvgIpc) is 2.42. The average molecular weight is 284 g/mol. The number of methoxy groups -OCH3 is 1. The van der Waals surface area contributed by atoms with E-state index in [4.69, 9.17) is 10.6 Å². The molecule has 1 saturated heterocycles. The molecule has 0 spiro atoms. The van der Waals surface area contributed by atoms with Crippen LogP contribution in [0.15, 0.2) is 24.3 Å². The third kappa shape index (κ3) is 3.15. The monoisotopic (exact) mass is 284 g/mol. The van der Waals surface area contributed by atoms with Gasteiger partial charge in [-0.3, -0.25) is 11.3 Å². The quantitative estimate of drug-likeness (QED) is 0.657. The van der Waals surface area contributed by atoms with Gasteiger partial charge in [0.15, 0.2) is 0 Å². The van der Waals surface area contributed by atoms with Gasteiger partial charge in [0.05, 0.1) is 13.2 Å². The molecule has 3 atom stereocenters. The van der Waals surface area contributed by atoms with E-state index in [0.717, 1.165) is 5.75 Å². The second kappa shape index (κ2) is 6.70. The van der Waals surface area contributed by atoms with E-state index in [0.29, 0.717) is 10.5 Å². The third-order valence-corrected chi connectivity index (χ3v) is 6.41. The first-order valence-electron chi connectivity index (χ1n) is 6.09. The molecule has 0 aliphatic carbocycles. The van der Waals surface area contributed by atoms with Crippen molar-refractivity contribution in [2.45, 2.75) is 23.5 Å². The van der Waals surface area contributed by atoms with Crippen molar-refractivity contribution in [2.24, 2.45) is 5.84 Å². The second-order valence-corrected chi connectivity index (χ2v) is 7.10. The summed E-state index contributed by atoms with van der Waals surface area (Å²) in [5.74, 6) is 9.09. The lowest BCUT2D eigenvalue weighted by Gasteiger charge is -2.34. The van der Waals surface area contributed by atoms with Crippen molar-refractivity contribution in [2.75, 3.05) is 18.6 Å². The normalized spacial score (nSPS) is 25.7. The molecule has 1 fully saturated rings. The molecular weight excluding hydrogens is 264 g/mol. The van der Waals surface area contributed by atoms with Crippen LogP contribution in [0.4, 0.5) is 0 Å². The highest BCUT2D eigenvalue weighted by Crippen LogP contribution is 2.38. The number of benzene rings is 1. The summed E-state index contributed by atoms with van der Waals surface area (Å²) >= 11 is 4.05. The highest BCUT2D eigenvalue weighted by molar-refractivity contribution is 8.07. The van der Waals surface area contributed by atoms with Crippen LogP contribution in [0.25, 0.3) is 0 Å². The molecule has 2 rings (SSSR count). The van der Waals surface area contributed by atoms with Crippen LogP contribution in [0, 0.1) is 0 Å². The number of hydrogen-bond acceptors (Lipinski definition) is 5. The van der Waals surface area contributed by atoms with Crippen molar-refractivity contribution in [1.29, 1.82) is 0 Å². The summed E-state index contributed by atoms with van der Waals surface area (Å²) in [6.07, 6.45) is 0. The molecule has 3 N–H and O–H groups in total. The minimum absolute atomic E-state index is 0.198. The number of nitrogens with two attached hydrogens (primary N) is 1. The van der Waals surface area contributed by atoms with Crippen LogP contribution in [0.1, 0.15) is 18.5 Å². The van der Waals surface area contributed by atoms with Gasteiger partial charge in [0.25, 0.3) is 0 Å². The first kappa shape index (κ1) is 14.1. The summed E-state index contributed by atoms with van der Waals surface area (Å²) in [5.41, 5.74) is 4.21. The van der Waals surface area contributed by atoms with Crippen molar-refractivity contribution < 1.29 is 4.74 Å². The fourth-order valence-electron chi connectivity index (χ4n) is 2.21. The van der Waals surface area contributed by atoms with E-state index < -0.39 is 0 Å². The summed E-state index contributed by atoms with van der Waals surface area (Å²) < 4.78 is 5.19. The van der Waals surface area contributed by atoms with E-state index in [1.54, 1.807) is 7.11 Å². The van der Waals surface area contributed by atoms with Gasteiger partial charge < -0.3 is 4.74 Å². The summed E-state index contributed by atoms with van der Waals surface area (Å²) in [5, 5.41) is 1.13. The van der Waals surface area contributed by atoms with Crippen molar-refractivity contribution >= 4 is 23.5 Å². The molecule has 5 heteroatoms. The molecule has 3 nitrogen and oxygen atoms in total. The zero-order chi connectivity index (χ0) is 13.0. The number of nitrogens with one attached hydrogen (secondary N) is 1. The van der Waals surface area contributed by atoms with Gasteiger partial charge in [-0.05, 0) is 17.7 Å². The number of hydrazine groups is 1. The van der Waals surface area contributed by atoms with Gasteiger partial charge in [0.1, 0.15) is 5.75 Å². The minimum atomic E-state index is 0.198. The van der Waals surface area contributed by atoms with E-state index >= 15 is 0 Å². The Morgan fingerprint density at radius 1 is 1.28 bits per heavy atom. The van der Waals surface area contributed by atoms with E-state index in [2.05, 4.69) is 24.5 Å². The molecule has 0 bridgehead atoms. The molecule has 1 aliphatic heterocycles. The Morgan fingerprint density at radius 3 is 2.50 bits per heavy atom. The number of ether oxygens (including phenoxy) is 1. The lowest BCUT2D eigenvalue weighted by atomic mass is 10.0. The second-order valence-electron chi connectivity index (χ2n) is 4.33. The summed E-state index contributed by atoms with van der Waals surface area (Å²) in [4.78, 5) is 0. The van der Waals surface area contributed by atoms with Crippen LogP contribution in [-0.2, 0) is 0 Å². The zero-order valence-corrected chi connectivity index (χ0v) is 12.4. The lowest BCUT2D eigenvalue weighted by molar-refractivity contribution is 0.414. The highest BCUT2D eigenvalue weighted by Gasteiger charge is 2.30. The van der Waals surface area contributed by atoms with Crippen LogP contribution in [0.5, 0.6) is 5.75 Å². The van der Waals surface area contributed by atoms with E-state index in [9.17, 15) is 0 Å². The Kier molecular flexibility index (Phi) is 5.24. The van der Waals surface area contributed by atoms with Crippen molar-refractivity contribution in [3.63, 3.8) is 0 Å². The maximum Gasteiger partial charge on any atom is 0.118 e. The first-order valence-corrected chi connectivity index (χ1v) is 8.19.